The highest BCUT2D eigenvalue weighted by atomic mass is 35.5. The molecule has 0 spiro atoms. The second kappa shape index (κ2) is 3.18. The van der Waals surface area contributed by atoms with E-state index in [9.17, 15) is 4.79 Å². The minimum absolute atomic E-state index is 0. The third-order valence-corrected chi connectivity index (χ3v) is 1.58. The van der Waals surface area contributed by atoms with Crippen LogP contribution in [0.5, 0.6) is 0 Å². The Labute approximate surface area is 65.0 Å². The number of carboxylic acid groups (broad SMARTS) is 1. The summed E-state index contributed by atoms with van der Waals surface area (Å²) >= 11 is 0. The molecule has 2 N–H and O–H groups in total. The van der Waals surface area contributed by atoms with Crippen molar-refractivity contribution in [1.29, 1.82) is 0 Å². The summed E-state index contributed by atoms with van der Waals surface area (Å²) < 4.78 is 4.75. The molecule has 0 aromatic rings. The summed E-state index contributed by atoms with van der Waals surface area (Å²) in [6.45, 7) is 0.553. The molecule has 0 bridgehead atoms. The zero-order chi connectivity index (χ0) is 6.91. The minimum Gasteiger partial charge on any atom is -0.480 e. The smallest absolute Gasteiger partial charge is 0.328 e. The van der Waals surface area contributed by atoms with E-state index >= 15 is 0 Å². The van der Waals surface area contributed by atoms with Gasteiger partial charge in [-0.3, -0.25) is 4.79 Å². The number of carbonyl (C=O) groups is 1. The highest BCUT2D eigenvalue weighted by molar-refractivity contribution is 5.85. The Bertz CT molecular complexity index is 129. The fraction of sp³-hybridized carbons (Fsp3) is 0.800. The second-order valence-corrected chi connectivity index (χ2v) is 2.13. The van der Waals surface area contributed by atoms with E-state index in [1.807, 2.05) is 0 Å². The van der Waals surface area contributed by atoms with Gasteiger partial charge < -0.3 is 15.2 Å². The van der Waals surface area contributed by atoms with Crippen molar-refractivity contribution in [2.24, 2.45) is 0 Å². The zero-order valence-corrected chi connectivity index (χ0v) is 6.40. The van der Waals surface area contributed by atoms with Crippen molar-refractivity contribution in [1.82, 2.24) is 5.32 Å². The number of halogens is 1. The van der Waals surface area contributed by atoms with Gasteiger partial charge in [-0.25, -0.2) is 0 Å². The number of nitrogens with one attached hydrogen (secondary N) is 1. The molecule has 0 aromatic carbocycles. The van der Waals surface area contributed by atoms with E-state index in [0.717, 1.165) is 0 Å². The normalized spacial score (nSPS) is 20.5. The lowest BCUT2D eigenvalue weighted by Gasteiger charge is -2.36. The molecule has 1 fully saturated rings. The molecule has 5 heteroatoms. The van der Waals surface area contributed by atoms with E-state index in [2.05, 4.69) is 5.32 Å². The van der Waals surface area contributed by atoms with Gasteiger partial charge in [0.15, 0.2) is 5.54 Å². The minimum atomic E-state index is -0.837. The standard InChI is InChI=1S/C5H9NO3.ClH/c1-6-5(4(7)8)2-9-3-5;/h6H,2-3H2,1H3,(H,7,8);1H. The Morgan fingerprint density at radius 3 is 2.20 bits per heavy atom. The van der Waals surface area contributed by atoms with Crippen molar-refractivity contribution in [3.05, 3.63) is 0 Å². The third-order valence-electron chi connectivity index (χ3n) is 1.58. The molecule has 1 saturated heterocycles. The molecule has 60 valence electrons. The number of rotatable bonds is 2. The molecule has 0 atom stereocenters. The molecule has 0 aliphatic carbocycles. The molecule has 0 amide bonds. The summed E-state index contributed by atoms with van der Waals surface area (Å²) in [6.07, 6.45) is 0. The highest BCUT2D eigenvalue weighted by Crippen LogP contribution is 2.15. The molecule has 1 aliphatic rings. The lowest BCUT2D eigenvalue weighted by molar-refractivity contribution is -0.165. The summed E-state index contributed by atoms with van der Waals surface area (Å²) in [4.78, 5) is 10.4. The van der Waals surface area contributed by atoms with Gasteiger partial charge in [0.25, 0.3) is 0 Å². The van der Waals surface area contributed by atoms with E-state index in [4.69, 9.17) is 9.84 Å². The predicted octanol–water partition coefficient (Wildman–Crippen LogP) is -0.519. The fourth-order valence-electron chi connectivity index (χ4n) is 0.681. The number of hydrogen-bond acceptors (Lipinski definition) is 3. The van der Waals surface area contributed by atoms with E-state index in [0.29, 0.717) is 0 Å². The molecule has 0 aromatic heterocycles. The van der Waals surface area contributed by atoms with Gasteiger partial charge in [0.2, 0.25) is 0 Å². The Balaban J connectivity index is 0.000000810. The molecule has 1 rings (SSSR count). The van der Waals surface area contributed by atoms with E-state index in [1.54, 1.807) is 7.05 Å². The van der Waals surface area contributed by atoms with Gasteiger partial charge in [0.05, 0.1) is 13.2 Å². The van der Waals surface area contributed by atoms with Crippen molar-refractivity contribution in [3.8, 4) is 0 Å². The molecule has 1 aliphatic heterocycles. The number of carboxylic acids is 1. The zero-order valence-electron chi connectivity index (χ0n) is 5.59. The van der Waals surface area contributed by atoms with Gasteiger partial charge in [0.1, 0.15) is 0 Å². The maximum Gasteiger partial charge on any atom is 0.328 e. The largest absolute Gasteiger partial charge is 0.480 e. The summed E-state index contributed by atoms with van der Waals surface area (Å²) in [7, 11) is 1.62. The summed E-state index contributed by atoms with van der Waals surface area (Å²) in [6, 6.07) is 0. The Morgan fingerprint density at radius 1 is 1.70 bits per heavy atom. The lowest BCUT2D eigenvalue weighted by Crippen LogP contribution is -2.64. The molecular weight excluding hydrogens is 158 g/mol. The molecule has 0 radical (unpaired) electrons. The van der Waals surface area contributed by atoms with Crippen LogP contribution in [0.25, 0.3) is 0 Å². The van der Waals surface area contributed by atoms with Gasteiger partial charge in [-0.1, -0.05) is 0 Å². The fourth-order valence-corrected chi connectivity index (χ4v) is 0.681. The quantitative estimate of drug-likeness (QED) is 0.581. The SMILES string of the molecule is CNC1(C(=O)O)COC1.Cl. The van der Waals surface area contributed by atoms with Gasteiger partial charge in [-0.05, 0) is 7.05 Å². The molecule has 1 heterocycles. The Kier molecular flexibility index (Phi) is 3.08. The molecular formula is C5H10ClNO3. The first kappa shape index (κ1) is 9.68. The number of hydrogen-bond donors (Lipinski definition) is 2. The average Bonchev–Trinajstić information content (AvgIpc) is 1.62. The van der Waals surface area contributed by atoms with Gasteiger partial charge in [-0.15, -0.1) is 12.4 Å². The van der Waals surface area contributed by atoms with Crippen LogP contribution >= 0.6 is 12.4 Å². The van der Waals surface area contributed by atoms with Gasteiger partial charge in [0, 0.05) is 0 Å². The first-order chi connectivity index (χ1) is 4.21. The first-order valence-electron chi connectivity index (χ1n) is 2.71. The number of likely N-dealkylation sites (N-methyl/N-ethyl adjacent to an activating group) is 1. The first-order valence-corrected chi connectivity index (χ1v) is 2.71. The van der Waals surface area contributed by atoms with Gasteiger partial charge in [-0.2, -0.15) is 0 Å². The van der Waals surface area contributed by atoms with Gasteiger partial charge >= 0.3 is 5.97 Å². The topological polar surface area (TPSA) is 58.6 Å². The molecule has 0 saturated carbocycles. The molecule has 4 nitrogen and oxygen atoms in total. The van der Waals surface area contributed by atoms with Crippen LogP contribution in [-0.2, 0) is 9.53 Å². The van der Waals surface area contributed by atoms with Crippen molar-refractivity contribution in [3.63, 3.8) is 0 Å². The number of ether oxygens (including phenoxy) is 1. The molecule has 10 heavy (non-hydrogen) atoms. The van der Waals surface area contributed by atoms with Crippen molar-refractivity contribution < 1.29 is 14.6 Å². The Hall–Kier alpha value is -0.320. The van der Waals surface area contributed by atoms with Crippen LogP contribution in [0.2, 0.25) is 0 Å². The molecule has 0 unspecified atom stereocenters. The van der Waals surface area contributed by atoms with Crippen LogP contribution in [0.3, 0.4) is 0 Å². The third kappa shape index (κ3) is 1.23. The van der Waals surface area contributed by atoms with Crippen molar-refractivity contribution >= 4 is 18.4 Å². The van der Waals surface area contributed by atoms with E-state index < -0.39 is 11.5 Å². The predicted molar refractivity (Wildman–Crippen MR) is 37.5 cm³/mol. The highest BCUT2D eigenvalue weighted by Gasteiger charge is 2.44. The van der Waals surface area contributed by atoms with E-state index in [1.165, 1.54) is 0 Å². The van der Waals surface area contributed by atoms with Crippen LogP contribution < -0.4 is 5.32 Å². The van der Waals surface area contributed by atoms with Crippen LogP contribution in [-0.4, -0.2) is 36.9 Å². The number of aliphatic carboxylic acids is 1. The lowest BCUT2D eigenvalue weighted by atomic mass is 9.99. The maximum absolute atomic E-state index is 10.4. The summed E-state index contributed by atoms with van der Waals surface area (Å²) in [5.74, 6) is -0.837. The second-order valence-electron chi connectivity index (χ2n) is 2.13. The van der Waals surface area contributed by atoms with Crippen molar-refractivity contribution in [2.75, 3.05) is 20.3 Å². The summed E-state index contributed by atoms with van der Waals surface area (Å²) in [5, 5.41) is 11.2. The van der Waals surface area contributed by atoms with Crippen LogP contribution in [0, 0.1) is 0 Å². The monoisotopic (exact) mass is 167 g/mol. The van der Waals surface area contributed by atoms with Crippen LogP contribution in [0.15, 0.2) is 0 Å². The Morgan fingerprint density at radius 2 is 2.20 bits per heavy atom. The average molecular weight is 168 g/mol. The van der Waals surface area contributed by atoms with Crippen LogP contribution in [0.4, 0.5) is 0 Å². The maximum atomic E-state index is 10.4. The van der Waals surface area contributed by atoms with E-state index in [-0.39, 0.29) is 25.6 Å². The summed E-state index contributed by atoms with van der Waals surface area (Å²) in [5.41, 5.74) is -0.792. The van der Waals surface area contributed by atoms with Crippen molar-refractivity contribution in [2.45, 2.75) is 5.54 Å². The van der Waals surface area contributed by atoms with Crippen LogP contribution in [0.1, 0.15) is 0 Å².